The highest BCUT2D eigenvalue weighted by Gasteiger charge is 2.35. The number of rotatable bonds is 9. The number of carbonyl (C=O) groups excluding carboxylic acids is 1. The maximum absolute atomic E-state index is 13.1. The fraction of sp³-hybridized carbons (Fsp3) is 0.458. The minimum atomic E-state index is -3.57. The zero-order valence-electron chi connectivity index (χ0n) is 18.9. The lowest BCUT2D eigenvalue weighted by Gasteiger charge is -2.37. The molecule has 1 heterocycles. The molecule has 1 aliphatic heterocycles. The average Bonchev–Trinajstić information content (AvgIpc) is 2.83. The summed E-state index contributed by atoms with van der Waals surface area (Å²) in [5.74, 6) is 1.70. The second-order valence-corrected chi connectivity index (χ2v) is 10.0. The van der Waals surface area contributed by atoms with E-state index in [-0.39, 0.29) is 22.6 Å². The molecule has 0 unspecified atom stereocenters. The number of hydrogen-bond donors (Lipinski definition) is 1. The molecule has 0 spiro atoms. The van der Waals surface area contributed by atoms with Gasteiger partial charge >= 0.3 is 0 Å². The Morgan fingerprint density at radius 3 is 2.16 bits per heavy atom. The second-order valence-electron chi connectivity index (χ2n) is 8.08. The summed E-state index contributed by atoms with van der Waals surface area (Å²) in [6.07, 6.45) is 1.90. The standard InChI is InChI=1S/C24H32N2O5S/c1-4-19-17-26(32(28,29)23-11-9-22(31-3)10-12-23)14-13-20(19)15-24(27)25-16-18-5-7-21(30-2)8-6-18/h5-12,19-20H,4,13-17H2,1-3H3,(H,25,27)/t19-,20+/m1/s1. The van der Waals surface area contributed by atoms with E-state index in [1.165, 1.54) is 0 Å². The molecule has 3 rings (SSSR count). The van der Waals surface area contributed by atoms with Gasteiger partial charge in [0.25, 0.3) is 0 Å². The van der Waals surface area contributed by atoms with Crippen LogP contribution in [0.3, 0.4) is 0 Å². The van der Waals surface area contributed by atoms with E-state index in [0.717, 1.165) is 17.7 Å². The fourth-order valence-corrected chi connectivity index (χ4v) is 5.66. The average molecular weight is 461 g/mol. The van der Waals surface area contributed by atoms with Crippen LogP contribution in [0.15, 0.2) is 53.4 Å². The Hall–Kier alpha value is -2.58. The molecule has 32 heavy (non-hydrogen) atoms. The largest absolute Gasteiger partial charge is 0.497 e. The van der Waals surface area contributed by atoms with Crippen LogP contribution in [0.25, 0.3) is 0 Å². The lowest BCUT2D eigenvalue weighted by atomic mass is 9.82. The van der Waals surface area contributed by atoms with E-state index >= 15 is 0 Å². The van der Waals surface area contributed by atoms with Crippen LogP contribution in [0.1, 0.15) is 31.7 Å². The van der Waals surface area contributed by atoms with Crippen molar-refractivity contribution in [1.82, 2.24) is 9.62 Å². The topological polar surface area (TPSA) is 84.9 Å². The van der Waals surface area contributed by atoms with Gasteiger partial charge in [0.2, 0.25) is 15.9 Å². The summed E-state index contributed by atoms with van der Waals surface area (Å²) in [4.78, 5) is 12.8. The Kier molecular flexibility index (Phi) is 8.15. The Morgan fingerprint density at radius 1 is 1.00 bits per heavy atom. The minimum absolute atomic E-state index is 0.00395. The highest BCUT2D eigenvalue weighted by atomic mass is 32.2. The first-order valence-electron chi connectivity index (χ1n) is 10.9. The number of nitrogens with zero attached hydrogens (tertiary/aromatic N) is 1. The highest BCUT2D eigenvalue weighted by Crippen LogP contribution is 2.32. The number of piperidine rings is 1. The van der Waals surface area contributed by atoms with Crippen LogP contribution < -0.4 is 14.8 Å². The van der Waals surface area contributed by atoms with Crippen molar-refractivity contribution in [2.75, 3.05) is 27.3 Å². The van der Waals surface area contributed by atoms with Gasteiger partial charge in [0.05, 0.1) is 19.1 Å². The summed E-state index contributed by atoms with van der Waals surface area (Å²) in [7, 11) is -0.399. The molecule has 1 saturated heterocycles. The predicted octanol–water partition coefficient (Wildman–Crippen LogP) is 3.45. The van der Waals surface area contributed by atoms with E-state index in [1.807, 2.05) is 24.3 Å². The molecule has 2 atom stereocenters. The van der Waals surface area contributed by atoms with Crippen LogP contribution in [0.2, 0.25) is 0 Å². The van der Waals surface area contributed by atoms with Gasteiger partial charge < -0.3 is 14.8 Å². The van der Waals surface area contributed by atoms with Gasteiger partial charge in [-0.2, -0.15) is 4.31 Å². The van der Waals surface area contributed by atoms with Crippen molar-refractivity contribution in [3.8, 4) is 11.5 Å². The number of hydrogen-bond acceptors (Lipinski definition) is 5. The number of carbonyl (C=O) groups is 1. The molecular weight excluding hydrogens is 428 g/mol. The van der Waals surface area contributed by atoms with Crippen molar-refractivity contribution in [2.45, 2.75) is 37.6 Å². The van der Waals surface area contributed by atoms with Crippen LogP contribution in [0, 0.1) is 11.8 Å². The van der Waals surface area contributed by atoms with Crippen molar-refractivity contribution in [3.05, 3.63) is 54.1 Å². The summed E-state index contributed by atoms with van der Waals surface area (Å²) in [5.41, 5.74) is 1.01. The Morgan fingerprint density at radius 2 is 1.59 bits per heavy atom. The molecule has 1 fully saturated rings. The molecule has 0 radical (unpaired) electrons. The molecule has 2 aromatic rings. The van der Waals surface area contributed by atoms with Gasteiger partial charge in [0, 0.05) is 26.1 Å². The number of nitrogens with one attached hydrogen (secondary N) is 1. The van der Waals surface area contributed by atoms with Crippen molar-refractivity contribution in [2.24, 2.45) is 11.8 Å². The van der Waals surface area contributed by atoms with Gasteiger partial charge in [-0.3, -0.25) is 4.79 Å². The normalized spacial score (nSPS) is 19.3. The molecule has 1 amide bonds. The smallest absolute Gasteiger partial charge is 0.243 e. The summed E-state index contributed by atoms with van der Waals surface area (Å²) in [6.45, 7) is 3.36. The third-order valence-electron chi connectivity index (χ3n) is 6.17. The first-order chi connectivity index (χ1) is 15.4. The lowest BCUT2D eigenvalue weighted by Crippen LogP contribution is -2.44. The molecule has 0 bridgehead atoms. The summed E-state index contributed by atoms with van der Waals surface area (Å²) in [5, 5.41) is 2.98. The molecule has 174 valence electrons. The first kappa shape index (κ1) is 24.1. The summed E-state index contributed by atoms with van der Waals surface area (Å²) in [6, 6.07) is 14.1. The van der Waals surface area contributed by atoms with E-state index < -0.39 is 10.0 Å². The molecule has 1 N–H and O–H groups in total. The van der Waals surface area contributed by atoms with Crippen LogP contribution in [-0.2, 0) is 21.4 Å². The van der Waals surface area contributed by atoms with Gasteiger partial charge in [-0.05, 0) is 60.2 Å². The van der Waals surface area contributed by atoms with Crippen LogP contribution in [0.4, 0.5) is 0 Å². The van der Waals surface area contributed by atoms with Gasteiger partial charge in [-0.1, -0.05) is 25.5 Å². The van der Waals surface area contributed by atoms with Gasteiger partial charge in [-0.25, -0.2) is 8.42 Å². The number of amides is 1. The number of ether oxygens (including phenoxy) is 2. The highest BCUT2D eigenvalue weighted by molar-refractivity contribution is 7.89. The Labute approximate surface area is 190 Å². The van der Waals surface area contributed by atoms with Crippen molar-refractivity contribution >= 4 is 15.9 Å². The third kappa shape index (κ3) is 5.81. The molecule has 0 aromatic heterocycles. The van der Waals surface area contributed by atoms with E-state index in [9.17, 15) is 13.2 Å². The third-order valence-corrected chi connectivity index (χ3v) is 8.05. The molecular formula is C24H32N2O5S. The molecule has 1 aliphatic rings. The van der Waals surface area contributed by atoms with Crippen LogP contribution in [-0.4, -0.2) is 45.9 Å². The molecule has 8 heteroatoms. The number of benzene rings is 2. The van der Waals surface area contributed by atoms with Gasteiger partial charge in [0.15, 0.2) is 0 Å². The van der Waals surface area contributed by atoms with E-state index in [0.29, 0.717) is 38.2 Å². The van der Waals surface area contributed by atoms with Crippen molar-refractivity contribution in [3.63, 3.8) is 0 Å². The summed E-state index contributed by atoms with van der Waals surface area (Å²) >= 11 is 0. The van der Waals surface area contributed by atoms with Gasteiger partial charge in [0.1, 0.15) is 11.5 Å². The van der Waals surface area contributed by atoms with Gasteiger partial charge in [-0.15, -0.1) is 0 Å². The fourth-order valence-electron chi connectivity index (χ4n) is 4.15. The zero-order chi connectivity index (χ0) is 23.1. The number of methoxy groups -OCH3 is 2. The zero-order valence-corrected chi connectivity index (χ0v) is 19.7. The SMILES string of the molecule is CC[C@@H]1CN(S(=O)(=O)c2ccc(OC)cc2)CC[C@H]1CC(=O)NCc1ccc(OC)cc1. The Bertz CT molecular complexity index is 990. The molecule has 0 aliphatic carbocycles. The molecule has 2 aromatic carbocycles. The Balaban J connectivity index is 1.56. The molecule has 0 saturated carbocycles. The quantitative estimate of drug-likeness (QED) is 0.620. The minimum Gasteiger partial charge on any atom is -0.497 e. The van der Waals surface area contributed by atoms with E-state index in [4.69, 9.17) is 9.47 Å². The van der Waals surface area contributed by atoms with Crippen molar-refractivity contribution < 1.29 is 22.7 Å². The van der Waals surface area contributed by atoms with Crippen molar-refractivity contribution in [1.29, 1.82) is 0 Å². The molecule has 7 nitrogen and oxygen atoms in total. The lowest BCUT2D eigenvalue weighted by molar-refractivity contribution is -0.122. The maximum atomic E-state index is 13.1. The second kappa shape index (κ2) is 10.8. The first-order valence-corrected chi connectivity index (χ1v) is 12.3. The predicted molar refractivity (Wildman–Crippen MR) is 123 cm³/mol. The maximum Gasteiger partial charge on any atom is 0.243 e. The van der Waals surface area contributed by atoms with Crippen LogP contribution in [0.5, 0.6) is 11.5 Å². The van der Waals surface area contributed by atoms with E-state index in [1.54, 1.807) is 42.8 Å². The van der Waals surface area contributed by atoms with E-state index in [2.05, 4.69) is 12.2 Å². The monoisotopic (exact) mass is 460 g/mol. The van der Waals surface area contributed by atoms with Crippen LogP contribution >= 0.6 is 0 Å². The number of sulfonamides is 1. The summed E-state index contributed by atoms with van der Waals surface area (Å²) < 4.78 is 38.0.